The second-order valence-electron chi connectivity index (χ2n) is 3.05. The molecular formula is C10H11N3O2S. The predicted octanol–water partition coefficient (Wildman–Crippen LogP) is 1.46. The number of nitrogens with zero attached hydrogens (tertiary/aromatic N) is 1. The van der Waals surface area contributed by atoms with E-state index in [9.17, 15) is 4.79 Å². The first-order chi connectivity index (χ1) is 7.84. The summed E-state index contributed by atoms with van der Waals surface area (Å²) in [5, 5.41) is 8.24. The van der Waals surface area contributed by atoms with E-state index in [1.54, 1.807) is 18.5 Å². The van der Waals surface area contributed by atoms with Crippen LogP contribution in [0, 0.1) is 0 Å². The molecule has 0 unspecified atom stereocenters. The Morgan fingerprint density at radius 2 is 2.50 bits per heavy atom. The molecule has 2 heterocycles. The summed E-state index contributed by atoms with van der Waals surface area (Å²) in [7, 11) is 0. The summed E-state index contributed by atoms with van der Waals surface area (Å²) < 4.78 is 5.09. The summed E-state index contributed by atoms with van der Waals surface area (Å²) in [6.07, 6.45) is 3.27. The Morgan fingerprint density at radius 3 is 3.19 bits per heavy atom. The minimum atomic E-state index is -0.0911. The molecule has 0 atom stereocenters. The minimum Gasteiger partial charge on any atom is -0.467 e. The largest absolute Gasteiger partial charge is 0.467 e. The van der Waals surface area contributed by atoms with Crippen molar-refractivity contribution < 1.29 is 9.21 Å². The van der Waals surface area contributed by atoms with Gasteiger partial charge in [-0.05, 0) is 12.1 Å². The average Bonchev–Trinajstić information content (AvgIpc) is 2.96. The molecule has 0 fully saturated rings. The molecule has 0 spiro atoms. The zero-order chi connectivity index (χ0) is 11.2. The van der Waals surface area contributed by atoms with Crippen LogP contribution < -0.4 is 10.6 Å². The molecule has 0 radical (unpaired) electrons. The van der Waals surface area contributed by atoms with Gasteiger partial charge in [0.25, 0.3) is 0 Å². The lowest BCUT2D eigenvalue weighted by molar-refractivity contribution is -0.119. The molecule has 5 nitrogen and oxygen atoms in total. The Balaban J connectivity index is 1.69. The molecule has 2 aromatic rings. The van der Waals surface area contributed by atoms with Gasteiger partial charge in [0.15, 0.2) is 5.13 Å². The molecule has 84 valence electrons. The van der Waals surface area contributed by atoms with E-state index in [-0.39, 0.29) is 12.5 Å². The van der Waals surface area contributed by atoms with Crippen molar-refractivity contribution in [1.82, 2.24) is 10.3 Å². The Morgan fingerprint density at radius 1 is 1.56 bits per heavy atom. The summed E-state index contributed by atoms with van der Waals surface area (Å²) in [6, 6.07) is 3.60. The normalized spacial score (nSPS) is 10.0. The van der Waals surface area contributed by atoms with E-state index in [1.165, 1.54) is 11.3 Å². The molecule has 0 saturated carbocycles. The average molecular weight is 237 g/mol. The summed E-state index contributed by atoms with van der Waals surface area (Å²) in [5.74, 6) is 0.647. The van der Waals surface area contributed by atoms with Gasteiger partial charge in [-0.25, -0.2) is 4.98 Å². The number of carbonyl (C=O) groups excluding carboxylic acids is 1. The first kappa shape index (κ1) is 10.7. The number of hydrogen-bond acceptors (Lipinski definition) is 5. The van der Waals surface area contributed by atoms with Crippen molar-refractivity contribution in [3.05, 3.63) is 35.7 Å². The third-order valence-electron chi connectivity index (χ3n) is 1.87. The van der Waals surface area contributed by atoms with Gasteiger partial charge in [-0.2, -0.15) is 0 Å². The quantitative estimate of drug-likeness (QED) is 0.826. The third kappa shape index (κ3) is 3.09. The van der Waals surface area contributed by atoms with Gasteiger partial charge in [-0.1, -0.05) is 0 Å². The number of amides is 1. The van der Waals surface area contributed by atoms with E-state index in [1.807, 2.05) is 11.4 Å². The molecule has 0 saturated heterocycles. The molecular weight excluding hydrogens is 226 g/mol. The lowest BCUT2D eigenvalue weighted by atomic mass is 10.4. The van der Waals surface area contributed by atoms with Crippen LogP contribution in [0.5, 0.6) is 0 Å². The van der Waals surface area contributed by atoms with E-state index in [0.29, 0.717) is 6.54 Å². The standard InChI is InChI=1S/C10H11N3O2S/c14-9(7-13-10-11-3-5-16-10)12-6-8-2-1-4-15-8/h1-5H,6-7H2,(H,11,13)(H,12,14). The molecule has 2 N–H and O–H groups in total. The van der Waals surface area contributed by atoms with Gasteiger partial charge in [-0.3, -0.25) is 4.79 Å². The predicted molar refractivity (Wildman–Crippen MR) is 61.2 cm³/mol. The smallest absolute Gasteiger partial charge is 0.239 e. The second-order valence-corrected chi connectivity index (χ2v) is 3.94. The number of aromatic nitrogens is 1. The highest BCUT2D eigenvalue weighted by Gasteiger charge is 2.03. The summed E-state index contributed by atoms with van der Waals surface area (Å²) >= 11 is 1.46. The minimum absolute atomic E-state index is 0.0911. The van der Waals surface area contributed by atoms with Crippen molar-refractivity contribution in [3.63, 3.8) is 0 Å². The molecule has 0 aromatic carbocycles. The third-order valence-corrected chi connectivity index (χ3v) is 2.60. The SMILES string of the molecule is O=C(CNc1nccs1)NCc1ccco1. The van der Waals surface area contributed by atoms with Gasteiger partial charge in [0.1, 0.15) is 5.76 Å². The van der Waals surface area contributed by atoms with Crippen LogP contribution in [0.3, 0.4) is 0 Å². The van der Waals surface area contributed by atoms with Crippen LogP contribution in [0.25, 0.3) is 0 Å². The van der Waals surface area contributed by atoms with Gasteiger partial charge in [0.2, 0.25) is 5.91 Å². The van der Waals surface area contributed by atoms with E-state index >= 15 is 0 Å². The number of thiazole rings is 1. The Kier molecular flexibility index (Phi) is 3.55. The molecule has 1 amide bonds. The van der Waals surface area contributed by atoms with E-state index in [0.717, 1.165) is 10.9 Å². The van der Waals surface area contributed by atoms with Crippen LogP contribution in [-0.4, -0.2) is 17.4 Å². The van der Waals surface area contributed by atoms with E-state index in [2.05, 4.69) is 15.6 Å². The summed E-state index contributed by atoms with van der Waals surface area (Å²) in [6.45, 7) is 0.625. The fraction of sp³-hybridized carbons (Fsp3) is 0.200. The highest BCUT2D eigenvalue weighted by atomic mass is 32.1. The summed E-state index contributed by atoms with van der Waals surface area (Å²) in [5.41, 5.74) is 0. The number of carbonyl (C=O) groups is 1. The summed E-state index contributed by atoms with van der Waals surface area (Å²) in [4.78, 5) is 15.4. The van der Waals surface area contributed by atoms with Gasteiger partial charge in [-0.15, -0.1) is 11.3 Å². The molecule has 2 rings (SSSR count). The van der Waals surface area contributed by atoms with Crippen LogP contribution in [0.2, 0.25) is 0 Å². The van der Waals surface area contributed by atoms with Crippen molar-refractivity contribution in [2.75, 3.05) is 11.9 Å². The second kappa shape index (κ2) is 5.32. The zero-order valence-corrected chi connectivity index (χ0v) is 9.29. The first-order valence-electron chi connectivity index (χ1n) is 4.77. The maximum atomic E-state index is 11.4. The van der Waals surface area contributed by atoms with Gasteiger partial charge in [0.05, 0.1) is 19.4 Å². The topological polar surface area (TPSA) is 67.2 Å². The highest BCUT2D eigenvalue weighted by molar-refractivity contribution is 7.13. The van der Waals surface area contributed by atoms with Crippen molar-refractivity contribution in [2.24, 2.45) is 0 Å². The molecule has 0 bridgehead atoms. The van der Waals surface area contributed by atoms with E-state index < -0.39 is 0 Å². The monoisotopic (exact) mass is 237 g/mol. The van der Waals surface area contributed by atoms with Crippen LogP contribution in [0.1, 0.15) is 5.76 Å². The lowest BCUT2D eigenvalue weighted by Gasteiger charge is -2.03. The Labute approximate surface area is 96.5 Å². The lowest BCUT2D eigenvalue weighted by Crippen LogP contribution is -2.29. The van der Waals surface area contributed by atoms with Crippen molar-refractivity contribution in [3.8, 4) is 0 Å². The van der Waals surface area contributed by atoms with Gasteiger partial charge in [0, 0.05) is 11.6 Å². The number of furan rings is 1. The Bertz CT molecular complexity index is 385. The molecule has 2 aromatic heterocycles. The molecule has 6 heteroatoms. The maximum absolute atomic E-state index is 11.4. The van der Waals surface area contributed by atoms with Crippen molar-refractivity contribution in [1.29, 1.82) is 0 Å². The fourth-order valence-corrected chi connectivity index (χ4v) is 1.66. The van der Waals surface area contributed by atoms with Crippen LogP contribution in [-0.2, 0) is 11.3 Å². The van der Waals surface area contributed by atoms with Crippen LogP contribution in [0.4, 0.5) is 5.13 Å². The Hall–Kier alpha value is -1.82. The highest BCUT2D eigenvalue weighted by Crippen LogP contribution is 2.09. The van der Waals surface area contributed by atoms with Crippen molar-refractivity contribution >= 4 is 22.4 Å². The number of nitrogens with one attached hydrogen (secondary N) is 2. The molecule has 0 aliphatic heterocycles. The van der Waals surface area contributed by atoms with Crippen LogP contribution in [0.15, 0.2) is 34.4 Å². The van der Waals surface area contributed by atoms with E-state index in [4.69, 9.17) is 4.42 Å². The van der Waals surface area contributed by atoms with Gasteiger partial charge >= 0.3 is 0 Å². The molecule has 16 heavy (non-hydrogen) atoms. The van der Waals surface area contributed by atoms with Crippen molar-refractivity contribution in [2.45, 2.75) is 6.54 Å². The number of rotatable bonds is 5. The van der Waals surface area contributed by atoms with Crippen LogP contribution >= 0.6 is 11.3 Å². The zero-order valence-electron chi connectivity index (χ0n) is 8.47. The number of anilines is 1. The first-order valence-corrected chi connectivity index (χ1v) is 5.65. The number of hydrogen-bond donors (Lipinski definition) is 2. The maximum Gasteiger partial charge on any atom is 0.239 e. The molecule has 0 aliphatic rings. The van der Waals surface area contributed by atoms with Gasteiger partial charge < -0.3 is 15.1 Å². The fourth-order valence-electron chi connectivity index (χ4n) is 1.13. The molecule has 0 aliphatic carbocycles.